The fraction of sp³-hybridized carbons (Fsp3) is 0.364. The molecule has 32 heavy (non-hydrogen) atoms. The molecule has 0 bridgehead atoms. The predicted octanol–water partition coefficient (Wildman–Crippen LogP) is 5.13. The van der Waals surface area contributed by atoms with Gasteiger partial charge in [0, 0.05) is 37.8 Å². The summed E-state index contributed by atoms with van der Waals surface area (Å²) in [6, 6.07) is 6.59. The lowest BCUT2D eigenvalue weighted by Crippen LogP contribution is -2.22. The van der Waals surface area contributed by atoms with Crippen molar-refractivity contribution < 1.29 is 14.6 Å². The second-order valence-electron chi connectivity index (χ2n) is 8.92. The number of hydrogen-bond donors (Lipinski definition) is 1. The van der Waals surface area contributed by atoms with Crippen molar-refractivity contribution in [3.05, 3.63) is 41.2 Å². The zero-order valence-corrected chi connectivity index (χ0v) is 20.3. The lowest BCUT2D eigenvalue weighted by Gasteiger charge is -2.15. The number of nitrogens with zero attached hydrogens (tertiary/aromatic N) is 5. The van der Waals surface area contributed by atoms with Crippen LogP contribution in [-0.2, 0) is 18.0 Å². The molecule has 0 aliphatic heterocycles. The molecule has 0 aliphatic carbocycles. The molecule has 3 aromatic heterocycles. The maximum atomic E-state index is 11.9. The van der Waals surface area contributed by atoms with Crippen molar-refractivity contribution in [2.24, 2.45) is 0 Å². The Bertz CT molecular complexity index is 1310. The van der Waals surface area contributed by atoms with Gasteiger partial charge in [0.25, 0.3) is 0 Å². The number of aromatic carboxylic acids is 1. The summed E-state index contributed by atoms with van der Waals surface area (Å²) in [4.78, 5) is 21.1. The van der Waals surface area contributed by atoms with Gasteiger partial charge in [-0.3, -0.25) is 4.68 Å². The van der Waals surface area contributed by atoms with E-state index in [0.29, 0.717) is 40.7 Å². The van der Waals surface area contributed by atoms with E-state index in [1.165, 1.54) is 6.20 Å². The second kappa shape index (κ2) is 8.65. The number of carboxylic acids is 1. The van der Waals surface area contributed by atoms with Crippen molar-refractivity contribution in [2.75, 3.05) is 6.61 Å². The van der Waals surface area contributed by atoms with Gasteiger partial charge in [-0.2, -0.15) is 5.10 Å². The van der Waals surface area contributed by atoms with Gasteiger partial charge in [0.1, 0.15) is 29.2 Å². The standard InChI is InChI=1S/C22H26ClN5O3Si/c1-5-28-18-10-14(23)6-7-15(18)19(26-28)17-11-24-21-20(25-17)16(22(29)30)12-27(21)13-31-8-9-32(2,3)4/h6-7,10-12H,5,8-9,13H2,1-4H3,(H,29,30). The fourth-order valence-corrected chi connectivity index (χ4v) is 4.46. The molecular weight excluding hydrogens is 446 g/mol. The number of fused-ring (bicyclic) bond motifs is 2. The lowest BCUT2D eigenvalue weighted by molar-refractivity contribution is 0.0696. The van der Waals surface area contributed by atoms with Gasteiger partial charge in [-0.15, -0.1) is 0 Å². The number of hydrogen-bond acceptors (Lipinski definition) is 5. The summed E-state index contributed by atoms with van der Waals surface area (Å²) < 4.78 is 9.35. The van der Waals surface area contributed by atoms with Crippen molar-refractivity contribution in [3.63, 3.8) is 0 Å². The van der Waals surface area contributed by atoms with E-state index in [9.17, 15) is 9.90 Å². The normalized spacial score (nSPS) is 12.2. The van der Waals surface area contributed by atoms with Crippen LogP contribution in [0.1, 0.15) is 17.3 Å². The third kappa shape index (κ3) is 4.41. The molecule has 8 nitrogen and oxygen atoms in total. The highest BCUT2D eigenvalue weighted by Crippen LogP contribution is 2.30. The Balaban J connectivity index is 1.74. The molecule has 0 aliphatic rings. The smallest absolute Gasteiger partial charge is 0.339 e. The van der Waals surface area contributed by atoms with Crippen LogP contribution in [0.5, 0.6) is 0 Å². The van der Waals surface area contributed by atoms with Crippen molar-refractivity contribution in [2.45, 2.75) is 45.9 Å². The van der Waals surface area contributed by atoms with Crippen LogP contribution in [0.15, 0.2) is 30.6 Å². The van der Waals surface area contributed by atoms with Gasteiger partial charge in [-0.05, 0) is 31.2 Å². The molecule has 4 aromatic rings. The molecule has 1 aromatic carbocycles. The number of rotatable bonds is 8. The molecule has 0 atom stereocenters. The van der Waals surface area contributed by atoms with E-state index in [2.05, 4.69) is 34.7 Å². The quantitative estimate of drug-likeness (QED) is 0.282. The third-order valence-electron chi connectivity index (χ3n) is 5.28. The average Bonchev–Trinajstić information content (AvgIpc) is 3.28. The molecule has 0 spiro atoms. The van der Waals surface area contributed by atoms with Crippen molar-refractivity contribution in [3.8, 4) is 11.4 Å². The number of ether oxygens (including phenoxy) is 1. The predicted molar refractivity (Wildman–Crippen MR) is 128 cm³/mol. The topological polar surface area (TPSA) is 95.1 Å². The number of aromatic nitrogens is 5. The van der Waals surface area contributed by atoms with Crippen molar-refractivity contribution >= 4 is 47.7 Å². The summed E-state index contributed by atoms with van der Waals surface area (Å²) in [5.74, 6) is -1.06. The Labute approximate surface area is 191 Å². The molecule has 4 rings (SSSR count). The van der Waals surface area contributed by atoms with Crippen LogP contribution in [-0.4, -0.2) is 50.1 Å². The molecule has 0 unspecified atom stereocenters. The highest BCUT2D eigenvalue weighted by molar-refractivity contribution is 6.76. The molecular formula is C22H26ClN5O3Si. The summed E-state index contributed by atoms with van der Waals surface area (Å²) in [7, 11) is -1.21. The Morgan fingerprint density at radius 2 is 2.06 bits per heavy atom. The third-order valence-corrected chi connectivity index (χ3v) is 7.22. The number of aryl methyl sites for hydroxylation is 1. The summed E-state index contributed by atoms with van der Waals surface area (Å²) in [6.45, 7) is 10.4. The monoisotopic (exact) mass is 471 g/mol. The minimum absolute atomic E-state index is 0.0884. The van der Waals surface area contributed by atoms with Crippen LogP contribution >= 0.6 is 11.6 Å². The van der Waals surface area contributed by atoms with Crippen LogP contribution in [0.4, 0.5) is 0 Å². The van der Waals surface area contributed by atoms with Gasteiger partial charge in [0.05, 0.1) is 11.7 Å². The van der Waals surface area contributed by atoms with E-state index < -0.39 is 14.0 Å². The Morgan fingerprint density at radius 1 is 1.28 bits per heavy atom. The molecule has 0 amide bonds. The van der Waals surface area contributed by atoms with Gasteiger partial charge in [-0.25, -0.2) is 14.8 Å². The number of carboxylic acid groups (broad SMARTS) is 1. The van der Waals surface area contributed by atoms with Gasteiger partial charge < -0.3 is 14.4 Å². The van der Waals surface area contributed by atoms with Crippen LogP contribution in [0.25, 0.3) is 33.5 Å². The van der Waals surface area contributed by atoms with Crippen molar-refractivity contribution in [1.82, 2.24) is 24.3 Å². The van der Waals surface area contributed by atoms with Crippen LogP contribution in [0.2, 0.25) is 30.7 Å². The van der Waals surface area contributed by atoms with Gasteiger partial charge in [0.15, 0.2) is 5.65 Å². The minimum atomic E-state index is -1.21. The van der Waals surface area contributed by atoms with E-state index in [1.54, 1.807) is 16.8 Å². The average molecular weight is 472 g/mol. The highest BCUT2D eigenvalue weighted by Gasteiger charge is 2.20. The van der Waals surface area contributed by atoms with E-state index >= 15 is 0 Å². The van der Waals surface area contributed by atoms with Crippen molar-refractivity contribution in [1.29, 1.82) is 0 Å². The Kier molecular flexibility index (Phi) is 6.06. The zero-order chi connectivity index (χ0) is 23.0. The van der Waals surface area contributed by atoms with E-state index in [-0.39, 0.29) is 12.3 Å². The summed E-state index contributed by atoms with van der Waals surface area (Å²) in [6.07, 6.45) is 3.16. The Morgan fingerprint density at radius 3 is 2.75 bits per heavy atom. The van der Waals surface area contributed by atoms with Crippen LogP contribution in [0, 0.1) is 0 Å². The number of benzene rings is 1. The number of carbonyl (C=O) groups is 1. The molecule has 0 saturated carbocycles. The zero-order valence-electron chi connectivity index (χ0n) is 18.6. The lowest BCUT2D eigenvalue weighted by atomic mass is 10.1. The van der Waals surface area contributed by atoms with E-state index in [1.807, 2.05) is 23.7 Å². The van der Waals surface area contributed by atoms with Gasteiger partial charge >= 0.3 is 5.97 Å². The first-order valence-corrected chi connectivity index (χ1v) is 14.6. The van der Waals surface area contributed by atoms with E-state index in [4.69, 9.17) is 16.3 Å². The molecule has 0 saturated heterocycles. The number of halogens is 1. The summed E-state index contributed by atoms with van der Waals surface area (Å²) in [5.41, 5.74) is 2.92. The fourth-order valence-electron chi connectivity index (χ4n) is 3.54. The first-order chi connectivity index (χ1) is 15.2. The second-order valence-corrected chi connectivity index (χ2v) is 15.0. The maximum absolute atomic E-state index is 11.9. The maximum Gasteiger partial charge on any atom is 0.339 e. The van der Waals surface area contributed by atoms with Gasteiger partial charge in [0.2, 0.25) is 0 Å². The van der Waals surface area contributed by atoms with Crippen LogP contribution < -0.4 is 0 Å². The molecule has 10 heteroatoms. The molecule has 1 N–H and O–H groups in total. The molecule has 3 heterocycles. The first kappa shape index (κ1) is 22.4. The summed E-state index contributed by atoms with van der Waals surface area (Å²) >= 11 is 6.17. The molecule has 0 fully saturated rings. The Hall–Kier alpha value is -2.75. The van der Waals surface area contributed by atoms with Gasteiger partial charge in [-0.1, -0.05) is 31.2 Å². The largest absolute Gasteiger partial charge is 0.478 e. The highest BCUT2D eigenvalue weighted by atomic mass is 35.5. The van der Waals surface area contributed by atoms with E-state index in [0.717, 1.165) is 16.9 Å². The SMILES string of the molecule is CCn1nc(-c2cnc3c(n2)c(C(=O)O)cn3COCC[Si](C)(C)C)c2ccc(Cl)cc21. The van der Waals surface area contributed by atoms with Crippen LogP contribution in [0.3, 0.4) is 0 Å². The minimum Gasteiger partial charge on any atom is -0.478 e. The molecule has 0 radical (unpaired) electrons. The summed E-state index contributed by atoms with van der Waals surface area (Å²) in [5, 5.41) is 15.9. The first-order valence-electron chi connectivity index (χ1n) is 10.5. The molecule has 168 valence electrons.